The third-order valence-corrected chi connectivity index (χ3v) is 4.11. The molecule has 1 heterocycles. The summed E-state index contributed by atoms with van der Waals surface area (Å²) < 4.78 is 4.98. The van der Waals surface area contributed by atoms with Crippen LogP contribution < -0.4 is 10.7 Å². The molecular weight excluding hydrogens is 374 g/mol. The van der Waals surface area contributed by atoms with Crippen molar-refractivity contribution in [3.8, 4) is 0 Å². The molecule has 1 aromatic heterocycles. The first-order chi connectivity index (χ1) is 13.8. The second kappa shape index (κ2) is 8.39. The number of nitrogens with one attached hydrogen (secondary N) is 2. The van der Waals surface area contributed by atoms with Crippen molar-refractivity contribution in [3.63, 3.8) is 0 Å². The third-order valence-electron chi connectivity index (χ3n) is 4.11. The van der Waals surface area contributed by atoms with Gasteiger partial charge >= 0.3 is 5.97 Å². The Morgan fingerprint density at radius 1 is 1.03 bits per heavy atom. The van der Waals surface area contributed by atoms with Crippen molar-refractivity contribution in [1.29, 1.82) is 0 Å². The Balaban J connectivity index is 1.60. The predicted octanol–water partition coefficient (Wildman–Crippen LogP) is 2.03. The van der Waals surface area contributed by atoms with Crippen LogP contribution in [0.15, 0.2) is 59.4 Å². The molecule has 0 aliphatic rings. The number of para-hydroxylation sites is 1. The van der Waals surface area contributed by atoms with E-state index in [4.69, 9.17) is 4.74 Å². The van der Waals surface area contributed by atoms with E-state index in [1.165, 1.54) is 4.90 Å². The summed E-state index contributed by atoms with van der Waals surface area (Å²) in [6.45, 7) is -0.522. The van der Waals surface area contributed by atoms with Gasteiger partial charge in [0, 0.05) is 42.3 Å². The summed E-state index contributed by atoms with van der Waals surface area (Å²) in [5.74, 6) is -1.51. The molecule has 0 spiro atoms. The zero-order chi connectivity index (χ0) is 21.0. The molecule has 2 amide bonds. The molecule has 0 unspecified atom stereocenters. The lowest BCUT2D eigenvalue weighted by Crippen LogP contribution is -2.23. The highest BCUT2D eigenvalue weighted by Gasteiger charge is 2.14. The van der Waals surface area contributed by atoms with E-state index in [0.717, 1.165) is 6.07 Å². The van der Waals surface area contributed by atoms with E-state index >= 15 is 0 Å². The van der Waals surface area contributed by atoms with Crippen LogP contribution in [0.3, 0.4) is 0 Å². The maximum atomic E-state index is 12.2. The van der Waals surface area contributed by atoms with Crippen LogP contribution in [-0.4, -0.2) is 48.4 Å². The number of amides is 2. The van der Waals surface area contributed by atoms with Gasteiger partial charge in [0.05, 0.1) is 0 Å². The van der Waals surface area contributed by atoms with Gasteiger partial charge in [-0.3, -0.25) is 14.4 Å². The summed E-state index contributed by atoms with van der Waals surface area (Å²) in [5.41, 5.74) is 1.10. The lowest BCUT2D eigenvalue weighted by molar-refractivity contribution is -0.119. The van der Waals surface area contributed by atoms with Gasteiger partial charge in [0.2, 0.25) is 0 Å². The Kier molecular flexibility index (Phi) is 5.73. The fraction of sp³-hybridized carbons (Fsp3) is 0.143. The predicted molar refractivity (Wildman–Crippen MR) is 108 cm³/mol. The summed E-state index contributed by atoms with van der Waals surface area (Å²) in [5, 5.41) is 3.03. The van der Waals surface area contributed by atoms with Gasteiger partial charge in [0.1, 0.15) is 5.69 Å². The third kappa shape index (κ3) is 4.67. The van der Waals surface area contributed by atoms with Gasteiger partial charge in [-0.05, 0) is 36.4 Å². The topological polar surface area (TPSA) is 109 Å². The second-order valence-corrected chi connectivity index (χ2v) is 6.49. The Hall–Kier alpha value is -3.94. The lowest BCUT2D eigenvalue weighted by Gasteiger charge is -2.11. The number of fused-ring (bicyclic) bond motifs is 1. The molecular formula is C21H19N3O5. The van der Waals surface area contributed by atoms with Gasteiger partial charge in [-0.2, -0.15) is 0 Å². The molecule has 8 heteroatoms. The average molecular weight is 393 g/mol. The maximum Gasteiger partial charge on any atom is 0.355 e. The number of pyridine rings is 1. The number of ether oxygens (including phenoxy) is 1. The average Bonchev–Trinajstić information content (AvgIpc) is 2.72. The summed E-state index contributed by atoms with van der Waals surface area (Å²) >= 11 is 0. The highest BCUT2D eigenvalue weighted by molar-refractivity contribution is 5.97. The summed E-state index contributed by atoms with van der Waals surface area (Å²) in [4.78, 5) is 52.4. The van der Waals surface area contributed by atoms with Crippen LogP contribution in [0.5, 0.6) is 0 Å². The van der Waals surface area contributed by atoms with E-state index < -0.39 is 18.5 Å². The molecule has 8 nitrogen and oxygen atoms in total. The number of aromatic nitrogens is 1. The molecule has 0 aliphatic carbocycles. The van der Waals surface area contributed by atoms with Crippen LogP contribution in [0, 0.1) is 0 Å². The molecule has 29 heavy (non-hydrogen) atoms. The SMILES string of the molecule is CN(C)C(=O)c1ccc(NC(=O)COC(=O)c2cc(=O)c3ccccc3[nH]2)cc1. The normalized spacial score (nSPS) is 10.4. The number of nitrogens with zero attached hydrogens (tertiary/aromatic N) is 1. The van der Waals surface area contributed by atoms with Gasteiger partial charge in [-0.25, -0.2) is 4.79 Å². The van der Waals surface area contributed by atoms with Crippen molar-refractivity contribution in [3.05, 3.63) is 76.1 Å². The van der Waals surface area contributed by atoms with Crippen molar-refractivity contribution >= 4 is 34.4 Å². The van der Waals surface area contributed by atoms with E-state index in [1.807, 2.05) is 0 Å². The number of rotatable bonds is 5. The lowest BCUT2D eigenvalue weighted by atomic mass is 10.2. The quantitative estimate of drug-likeness (QED) is 0.645. The van der Waals surface area contributed by atoms with E-state index in [0.29, 0.717) is 22.2 Å². The van der Waals surface area contributed by atoms with Crippen LogP contribution >= 0.6 is 0 Å². The first-order valence-electron chi connectivity index (χ1n) is 8.76. The van der Waals surface area contributed by atoms with Crippen LogP contribution in [0.4, 0.5) is 5.69 Å². The van der Waals surface area contributed by atoms with Gasteiger partial charge in [0.15, 0.2) is 12.0 Å². The molecule has 0 atom stereocenters. The van der Waals surface area contributed by atoms with E-state index in [1.54, 1.807) is 62.6 Å². The second-order valence-electron chi connectivity index (χ2n) is 6.49. The molecule has 148 valence electrons. The molecule has 0 bridgehead atoms. The molecule has 0 radical (unpaired) electrons. The van der Waals surface area contributed by atoms with E-state index in [-0.39, 0.29) is 17.0 Å². The van der Waals surface area contributed by atoms with Gasteiger partial charge < -0.3 is 19.9 Å². The summed E-state index contributed by atoms with van der Waals surface area (Å²) in [6, 6.07) is 14.3. The molecule has 3 aromatic rings. The monoisotopic (exact) mass is 393 g/mol. The maximum absolute atomic E-state index is 12.2. The molecule has 3 rings (SSSR count). The van der Waals surface area contributed by atoms with Crippen LogP contribution in [0.25, 0.3) is 10.9 Å². The first kappa shape index (κ1) is 19.8. The van der Waals surface area contributed by atoms with Crippen molar-refractivity contribution in [2.45, 2.75) is 0 Å². The van der Waals surface area contributed by atoms with Crippen molar-refractivity contribution in [2.24, 2.45) is 0 Å². The molecule has 2 aromatic carbocycles. The van der Waals surface area contributed by atoms with Crippen LogP contribution in [0.2, 0.25) is 0 Å². The summed E-state index contributed by atoms with van der Waals surface area (Å²) in [6.07, 6.45) is 0. The zero-order valence-corrected chi connectivity index (χ0v) is 15.9. The number of hydrogen-bond donors (Lipinski definition) is 2. The smallest absolute Gasteiger partial charge is 0.355 e. The number of carbonyl (C=O) groups is 3. The minimum atomic E-state index is -0.810. The largest absolute Gasteiger partial charge is 0.451 e. The highest BCUT2D eigenvalue weighted by atomic mass is 16.5. The molecule has 0 saturated carbocycles. The molecule has 0 aliphatic heterocycles. The van der Waals surface area contributed by atoms with E-state index in [9.17, 15) is 19.2 Å². The first-order valence-corrected chi connectivity index (χ1v) is 8.76. The summed E-state index contributed by atoms with van der Waals surface area (Å²) in [7, 11) is 3.30. The number of anilines is 1. The minimum Gasteiger partial charge on any atom is -0.451 e. The molecule has 0 fully saturated rings. The van der Waals surface area contributed by atoms with Crippen LogP contribution in [-0.2, 0) is 9.53 Å². The van der Waals surface area contributed by atoms with Gasteiger partial charge in [0.25, 0.3) is 11.8 Å². The zero-order valence-electron chi connectivity index (χ0n) is 15.9. The number of H-pyrrole nitrogens is 1. The molecule has 0 saturated heterocycles. The van der Waals surface area contributed by atoms with Crippen molar-refractivity contribution in [2.75, 3.05) is 26.0 Å². The minimum absolute atomic E-state index is 0.0342. The number of carbonyl (C=O) groups excluding carboxylic acids is 3. The standard InChI is InChI=1S/C21H19N3O5/c1-24(2)20(27)13-7-9-14(10-8-13)22-19(26)12-29-21(28)17-11-18(25)15-5-3-4-6-16(15)23-17/h3-11H,12H2,1-2H3,(H,22,26)(H,23,25). The Morgan fingerprint density at radius 3 is 2.41 bits per heavy atom. The van der Waals surface area contributed by atoms with Crippen molar-refractivity contribution in [1.82, 2.24) is 9.88 Å². The van der Waals surface area contributed by atoms with Gasteiger partial charge in [-0.1, -0.05) is 12.1 Å². The Labute approximate surface area is 166 Å². The van der Waals surface area contributed by atoms with E-state index in [2.05, 4.69) is 10.3 Å². The fourth-order valence-electron chi connectivity index (χ4n) is 2.67. The Morgan fingerprint density at radius 2 is 1.72 bits per heavy atom. The van der Waals surface area contributed by atoms with Gasteiger partial charge in [-0.15, -0.1) is 0 Å². The number of aromatic amines is 1. The Bertz CT molecular complexity index is 1130. The number of benzene rings is 2. The number of hydrogen-bond acceptors (Lipinski definition) is 5. The van der Waals surface area contributed by atoms with Crippen molar-refractivity contribution < 1.29 is 19.1 Å². The number of esters is 1. The van der Waals surface area contributed by atoms with Crippen LogP contribution in [0.1, 0.15) is 20.8 Å². The molecule has 2 N–H and O–H groups in total. The fourth-order valence-corrected chi connectivity index (χ4v) is 2.67. The highest BCUT2D eigenvalue weighted by Crippen LogP contribution is 2.11.